The third-order valence-corrected chi connectivity index (χ3v) is 4.88. The van der Waals surface area contributed by atoms with Crippen LogP contribution in [0.4, 0.5) is 4.79 Å². The smallest absolute Gasteiger partial charge is 0.410 e. The standard InChI is InChI=1S/C18H28INO4/c1-5-6-9-12-18(24-13-23-4,20(14(2)3)17(21)22)15-10-7-8-11-16(15)19/h7-8,10-11,14H,5-6,9,12-13H2,1-4H3,(H,21,22)/t18-/m0/s1. The predicted octanol–water partition coefficient (Wildman–Crippen LogP) is 5.03. The predicted molar refractivity (Wildman–Crippen MR) is 103 cm³/mol. The van der Waals surface area contributed by atoms with Crippen LogP contribution in [-0.2, 0) is 15.2 Å². The van der Waals surface area contributed by atoms with Gasteiger partial charge in [-0.3, -0.25) is 4.90 Å². The van der Waals surface area contributed by atoms with Crippen LogP contribution in [0.2, 0.25) is 0 Å². The first-order chi connectivity index (χ1) is 11.4. The molecule has 136 valence electrons. The lowest BCUT2D eigenvalue weighted by Crippen LogP contribution is -2.54. The van der Waals surface area contributed by atoms with Gasteiger partial charge in [-0.15, -0.1) is 0 Å². The number of amides is 1. The fourth-order valence-electron chi connectivity index (χ4n) is 2.95. The first-order valence-electron chi connectivity index (χ1n) is 8.30. The lowest BCUT2D eigenvalue weighted by atomic mass is 9.93. The second-order valence-corrected chi connectivity index (χ2v) is 7.18. The number of rotatable bonds is 10. The molecule has 1 amide bonds. The summed E-state index contributed by atoms with van der Waals surface area (Å²) in [7, 11) is 1.55. The van der Waals surface area contributed by atoms with Gasteiger partial charge in [-0.1, -0.05) is 38.0 Å². The van der Waals surface area contributed by atoms with Crippen LogP contribution in [0.5, 0.6) is 0 Å². The van der Waals surface area contributed by atoms with Crippen LogP contribution in [0.15, 0.2) is 24.3 Å². The number of hydrogen-bond donors (Lipinski definition) is 1. The normalized spacial score (nSPS) is 13.8. The molecule has 0 saturated carbocycles. The Balaban J connectivity index is 3.47. The van der Waals surface area contributed by atoms with E-state index in [1.807, 2.05) is 38.1 Å². The summed E-state index contributed by atoms with van der Waals surface area (Å²) in [4.78, 5) is 13.5. The van der Waals surface area contributed by atoms with E-state index in [1.165, 1.54) is 4.90 Å². The fourth-order valence-corrected chi connectivity index (χ4v) is 3.75. The molecular formula is C18H28INO4. The van der Waals surface area contributed by atoms with Gasteiger partial charge < -0.3 is 14.6 Å². The van der Waals surface area contributed by atoms with E-state index in [0.29, 0.717) is 6.42 Å². The molecule has 0 spiro atoms. The van der Waals surface area contributed by atoms with Crippen molar-refractivity contribution >= 4 is 28.7 Å². The zero-order valence-electron chi connectivity index (χ0n) is 14.9. The fraction of sp³-hybridized carbons (Fsp3) is 0.611. The summed E-state index contributed by atoms with van der Waals surface area (Å²) >= 11 is 2.24. The van der Waals surface area contributed by atoms with E-state index in [2.05, 4.69) is 29.5 Å². The average molecular weight is 449 g/mol. The largest absolute Gasteiger partial charge is 0.465 e. The minimum Gasteiger partial charge on any atom is -0.465 e. The lowest BCUT2D eigenvalue weighted by Gasteiger charge is -2.45. The van der Waals surface area contributed by atoms with Crippen molar-refractivity contribution in [1.82, 2.24) is 4.90 Å². The third kappa shape index (κ3) is 5.07. The maximum absolute atomic E-state index is 12.1. The number of nitrogens with zero attached hydrogens (tertiary/aromatic N) is 1. The maximum atomic E-state index is 12.1. The molecule has 1 rings (SSSR count). The van der Waals surface area contributed by atoms with Crippen LogP contribution in [0.3, 0.4) is 0 Å². The zero-order chi connectivity index (χ0) is 18.2. The summed E-state index contributed by atoms with van der Waals surface area (Å²) in [6.45, 7) is 5.90. The molecule has 0 aliphatic rings. The molecule has 1 aromatic carbocycles. The van der Waals surface area contributed by atoms with Crippen LogP contribution in [0.25, 0.3) is 0 Å². The minimum atomic E-state index is -1.05. The van der Waals surface area contributed by atoms with E-state index in [0.717, 1.165) is 28.4 Å². The number of halogens is 1. The van der Waals surface area contributed by atoms with Gasteiger partial charge in [-0.2, -0.15) is 0 Å². The Labute approximate surface area is 158 Å². The van der Waals surface area contributed by atoms with Gasteiger partial charge in [0.05, 0.1) is 0 Å². The van der Waals surface area contributed by atoms with Crippen molar-refractivity contribution in [3.8, 4) is 0 Å². The number of unbranched alkanes of at least 4 members (excludes halogenated alkanes) is 2. The highest BCUT2D eigenvalue weighted by atomic mass is 127. The van der Waals surface area contributed by atoms with Crippen molar-refractivity contribution < 1.29 is 19.4 Å². The van der Waals surface area contributed by atoms with Gasteiger partial charge >= 0.3 is 6.09 Å². The first kappa shape index (κ1) is 21.2. The SMILES string of the molecule is CCCCC[C@](OCOC)(c1ccccc1I)N(C(=O)O)C(C)C. The van der Waals surface area contributed by atoms with Crippen molar-refractivity contribution in [1.29, 1.82) is 0 Å². The molecule has 24 heavy (non-hydrogen) atoms. The summed E-state index contributed by atoms with van der Waals surface area (Å²) in [6, 6.07) is 7.56. The van der Waals surface area contributed by atoms with Crippen LogP contribution in [0, 0.1) is 3.57 Å². The Hall–Kier alpha value is -0.860. The molecule has 0 bridgehead atoms. The lowest BCUT2D eigenvalue weighted by molar-refractivity contribution is -0.212. The number of carbonyl (C=O) groups is 1. The molecule has 0 radical (unpaired) electrons. The van der Waals surface area contributed by atoms with E-state index in [9.17, 15) is 9.90 Å². The number of methoxy groups -OCH3 is 1. The van der Waals surface area contributed by atoms with Crippen molar-refractivity contribution in [2.24, 2.45) is 0 Å². The Kier molecular flexibility index (Phi) is 9.01. The Morgan fingerprint density at radius 2 is 2.00 bits per heavy atom. The Morgan fingerprint density at radius 1 is 1.33 bits per heavy atom. The first-order valence-corrected chi connectivity index (χ1v) is 9.38. The summed E-state index contributed by atoms with van der Waals surface area (Å²) in [6.07, 6.45) is 2.56. The monoisotopic (exact) mass is 449 g/mol. The van der Waals surface area contributed by atoms with E-state index >= 15 is 0 Å². The summed E-state index contributed by atoms with van der Waals surface area (Å²) in [5.74, 6) is 0. The molecule has 0 aliphatic carbocycles. The van der Waals surface area contributed by atoms with Gasteiger partial charge in [0.2, 0.25) is 0 Å². The highest BCUT2D eigenvalue weighted by Crippen LogP contribution is 2.39. The molecule has 0 saturated heterocycles. The second kappa shape index (κ2) is 10.2. The molecular weight excluding hydrogens is 421 g/mol. The second-order valence-electron chi connectivity index (χ2n) is 6.02. The number of benzene rings is 1. The summed E-state index contributed by atoms with van der Waals surface area (Å²) in [5.41, 5.74) is -0.182. The van der Waals surface area contributed by atoms with Gasteiger partial charge in [0.1, 0.15) is 6.79 Å². The average Bonchev–Trinajstić information content (AvgIpc) is 2.52. The molecule has 6 heteroatoms. The molecule has 0 aromatic heterocycles. The maximum Gasteiger partial charge on any atom is 0.410 e. The van der Waals surface area contributed by atoms with Gasteiger partial charge in [-0.25, -0.2) is 4.79 Å². The van der Waals surface area contributed by atoms with Crippen LogP contribution in [-0.4, -0.2) is 36.0 Å². The molecule has 0 fully saturated rings. The Morgan fingerprint density at radius 3 is 2.50 bits per heavy atom. The highest BCUT2D eigenvalue weighted by Gasteiger charge is 2.45. The van der Waals surface area contributed by atoms with Gasteiger partial charge in [0, 0.05) is 28.7 Å². The molecule has 0 aliphatic heterocycles. The van der Waals surface area contributed by atoms with E-state index < -0.39 is 11.8 Å². The summed E-state index contributed by atoms with van der Waals surface area (Å²) in [5, 5.41) is 9.89. The van der Waals surface area contributed by atoms with Gasteiger partial charge in [0.15, 0.2) is 5.72 Å². The molecule has 5 nitrogen and oxygen atoms in total. The van der Waals surface area contributed by atoms with E-state index in [4.69, 9.17) is 9.47 Å². The van der Waals surface area contributed by atoms with Crippen molar-refractivity contribution in [3.63, 3.8) is 0 Å². The Bertz CT molecular complexity index is 523. The molecule has 1 atom stereocenters. The zero-order valence-corrected chi connectivity index (χ0v) is 17.1. The van der Waals surface area contributed by atoms with Gasteiger partial charge in [0.25, 0.3) is 0 Å². The van der Waals surface area contributed by atoms with Crippen LogP contribution in [0.1, 0.15) is 52.0 Å². The van der Waals surface area contributed by atoms with Crippen molar-refractivity contribution in [2.75, 3.05) is 13.9 Å². The van der Waals surface area contributed by atoms with Crippen molar-refractivity contribution in [2.45, 2.75) is 58.2 Å². The van der Waals surface area contributed by atoms with Crippen molar-refractivity contribution in [3.05, 3.63) is 33.4 Å². The molecule has 1 aromatic rings. The molecule has 1 N–H and O–H groups in total. The van der Waals surface area contributed by atoms with Crippen LogP contribution >= 0.6 is 22.6 Å². The third-order valence-electron chi connectivity index (χ3n) is 3.94. The number of hydrogen-bond acceptors (Lipinski definition) is 3. The number of ether oxygens (including phenoxy) is 2. The van der Waals surface area contributed by atoms with Crippen LogP contribution < -0.4 is 0 Å². The van der Waals surface area contributed by atoms with E-state index in [1.54, 1.807) is 7.11 Å². The van der Waals surface area contributed by atoms with E-state index in [-0.39, 0.29) is 12.8 Å². The quantitative estimate of drug-likeness (QED) is 0.309. The number of carboxylic acid groups (broad SMARTS) is 1. The topological polar surface area (TPSA) is 59.0 Å². The molecule has 0 heterocycles. The highest BCUT2D eigenvalue weighted by molar-refractivity contribution is 14.1. The van der Waals surface area contributed by atoms with Gasteiger partial charge in [-0.05, 0) is 48.9 Å². The minimum absolute atomic E-state index is 0.0353. The summed E-state index contributed by atoms with van der Waals surface area (Å²) < 4.78 is 12.2. The molecule has 0 unspecified atom stereocenters.